The highest BCUT2D eigenvalue weighted by atomic mass is 35.5. The van der Waals surface area contributed by atoms with E-state index in [1.54, 1.807) is 12.1 Å². The van der Waals surface area contributed by atoms with Crippen LogP contribution in [0.2, 0.25) is 10.2 Å². The number of aromatic nitrogens is 2. The number of hydrogen-bond acceptors (Lipinski definition) is 6. The van der Waals surface area contributed by atoms with E-state index in [0.29, 0.717) is 11.6 Å². The highest BCUT2D eigenvalue weighted by Gasteiger charge is 2.17. The van der Waals surface area contributed by atoms with Crippen molar-refractivity contribution in [2.75, 3.05) is 18.2 Å². The fourth-order valence-corrected chi connectivity index (χ4v) is 1.89. The predicted octanol–water partition coefficient (Wildman–Crippen LogP) is 2.76. The van der Waals surface area contributed by atoms with E-state index in [0.717, 1.165) is 5.56 Å². The number of nitrogens with one attached hydrogen (secondary N) is 1. The Bertz CT molecular complexity index is 662. The molecule has 1 heterocycles. The molecule has 0 bridgehead atoms. The van der Waals surface area contributed by atoms with Crippen molar-refractivity contribution >= 4 is 40.8 Å². The standard InChI is InChI=1S/C13H12Cl2N4O2/c1-21-13(20)9-11(16)19-12(10(15)18-9)17-6-7-2-4-8(14)5-3-7/h2-5H,6H2,1H3,(H3,16,17,19). The molecule has 0 radical (unpaired) electrons. The van der Waals surface area contributed by atoms with Gasteiger partial charge in [0.2, 0.25) is 0 Å². The van der Waals surface area contributed by atoms with Crippen LogP contribution < -0.4 is 11.1 Å². The molecular weight excluding hydrogens is 315 g/mol. The normalized spacial score (nSPS) is 10.2. The first-order chi connectivity index (χ1) is 10.0. The molecule has 3 N–H and O–H groups in total. The molecule has 0 saturated carbocycles. The van der Waals surface area contributed by atoms with E-state index >= 15 is 0 Å². The second-order valence-corrected chi connectivity index (χ2v) is 4.86. The zero-order valence-corrected chi connectivity index (χ0v) is 12.6. The minimum atomic E-state index is -0.689. The van der Waals surface area contributed by atoms with Crippen LogP contribution in [-0.4, -0.2) is 23.0 Å². The van der Waals surface area contributed by atoms with Crippen LogP contribution in [0.3, 0.4) is 0 Å². The molecule has 1 aromatic heterocycles. The lowest BCUT2D eigenvalue weighted by atomic mass is 10.2. The maximum absolute atomic E-state index is 11.4. The summed E-state index contributed by atoms with van der Waals surface area (Å²) in [5.41, 5.74) is 6.53. The second kappa shape index (κ2) is 6.60. The van der Waals surface area contributed by atoms with Crippen molar-refractivity contribution in [1.82, 2.24) is 9.97 Å². The maximum atomic E-state index is 11.4. The average Bonchev–Trinajstić information content (AvgIpc) is 2.48. The topological polar surface area (TPSA) is 90.1 Å². The summed E-state index contributed by atoms with van der Waals surface area (Å²) in [7, 11) is 1.23. The summed E-state index contributed by atoms with van der Waals surface area (Å²) >= 11 is 11.8. The molecule has 0 saturated heterocycles. The predicted molar refractivity (Wildman–Crippen MR) is 81.6 cm³/mol. The molecule has 0 fully saturated rings. The van der Waals surface area contributed by atoms with Crippen LogP contribution in [-0.2, 0) is 11.3 Å². The number of hydrogen-bond donors (Lipinski definition) is 2. The number of rotatable bonds is 4. The largest absolute Gasteiger partial charge is 0.464 e. The van der Waals surface area contributed by atoms with Crippen molar-refractivity contribution in [2.24, 2.45) is 0 Å². The quantitative estimate of drug-likeness (QED) is 0.839. The van der Waals surface area contributed by atoms with Gasteiger partial charge in [-0.15, -0.1) is 0 Å². The molecule has 0 aliphatic rings. The molecule has 0 unspecified atom stereocenters. The minimum Gasteiger partial charge on any atom is -0.464 e. The van der Waals surface area contributed by atoms with Crippen molar-refractivity contribution < 1.29 is 9.53 Å². The van der Waals surface area contributed by atoms with Crippen LogP contribution in [0.4, 0.5) is 11.6 Å². The molecule has 21 heavy (non-hydrogen) atoms. The summed E-state index contributed by atoms with van der Waals surface area (Å²) in [5, 5.41) is 3.69. The van der Waals surface area contributed by atoms with Crippen LogP contribution in [0, 0.1) is 0 Å². The Balaban J connectivity index is 2.15. The van der Waals surface area contributed by atoms with Gasteiger partial charge in [0.05, 0.1) is 7.11 Å². The summed E-state index contributed by atoms with van der Waals surface area (Å²) < 4.78 is 4.54. The number of nitrogen functional groups attached to an aromatic ring is 1. The molecule has 110 valence electrons. The summed E-state index contributed by atoms with van der Waals surface area (Å²) in [6.45, 7) is 0.461. The summed E-state index contributed by atoms with van der Waals surface area (Å²) in [6.07, 6.45) is 0. The van der Waals surface area contributed by atoms with Crippen molar-refractivity contribution in [3.63, 3.8) is 0 Å². The van der Waals surface area contributed by atoms with Crippen molar-refractivity contribution in [1.29, 1.82) is 0 Å². The molecule has 0 aliphatic heterocycles. The third-order valence-electron chi connectivity index (χ3n) is 2.63. The first kappa shape index (κ1) is 15.3. The van der Waals surface area contributed by atoms with E-state index in [1.165, 1.54) is 7.11 Å². The number of benzene rings is 1. The number of methoxy groups -OCH3 is 1. The van der Waals surface area contributed by atoms with E-state index in [-0.39, 0.29) is 22.5 Å². The van der Waals surface area contributed by atoms with Crippen molar-refractivity contribution in [3.05, 3.63) is 45.7 Å². The molecular formula is C13H12Cl2N4O2. The lowest BCUT2D eigenvalue weighted by Gasteiger charge is -2.10. The molecule has 1 aromatic carbocycles. The zero-order chi connectivity index (χ0) is 15.4. The van der Waals surface area contributed by atoms with E-state index < -0.39 is 5.97 Å². The highest BCUT2D eigenvalue weighted by molar-refractivity contribution is 6.32. The highest BCUT2D eigenvalue weighted by Crippen LogP contribution is 2.21. The molecule has 0 amide bonds. The van der Waals surface area contributed by atoms with Crippen LogP contribution in [0.5, 0.6) is 0 Å². The molecule has 8 heteroatoms. The monoisotopic (exact) mass is 326 g/mol. The molecule has 0 aliphatic carbocycles. The molecule has 0 atom stereocenters. The van der Waals surface area contributed by atoms with Gasteiger partial charge in [-0.3, -0.25) is 0 Å². The lowest BCUT2D eigenvalue weighted by molar-refractivity contribution is 0.0595. The Morgan fingerprint density at radius 3 is 2.57 bits per heavy atom. The third-order valence-corrected chi connectivity index (χ3v) is 3.15. The Kier molecular flexibility index (Phi) is 4.82. The first-order valence-electron chi connectivity index (χ1n) is 5.91. The SMILES string of the molecule is COC(=O)c1nc(Cl)c(NCc2ccc(Cl)cc2)nc1N. The van der Waals surface area contributed by atoms with Gasteiger partial charge in [-0.25, -0.2) is 14.8 Å². The van der Waals surface area contributed by atoms with Gasteiger partial charge in [0.15, 0.2) is 22.5 Å². The van der Waals surface area contributed by atoms with Gasteiger partial charge in [-0.05, 0) is 17.7 Å². The van der Waals surface area contributed by atoms with Gasteiger partial charge in [-0.2, -0.15) is 0 Å². The van der Waals surface area contributed by atoms with Crippen LogP contribution in [0.25, 0.3) is 0 Å². The first-order valence-corrected chi connectivity index (χ1v) is 6.66. The van der Waals surface area contributed by atoms with Gasteiger partial charge in [0.1, 0.15) is 0 Å². The van der Waals surface area contributed by atoms with Gasteiger partial charge < -0.3 is 15.8 Å². The number of nitrogens with two attached hydrogens (primary N) is 1. The smallest absolute Gasteiger partial charge is 0.360 e. The lowest BCUT2D eigenvalue weighted by Crippen LogP contribution is -2.13. The maximum Gasteiger partial charge on any atom is 0.360 e. The van der Waals surface area contributed by atoms with Gasteiger partial charge in [-0.1, -0.05) is 35.3 Å². The van der Waals surface area contributed by atoms with Gasteiger partial charge in [0, 0.05) is 11.6 Å². The zero-order valence-electron chi connectivity index (χ0n) is 11.1. The number of ether oxygens (including phenoxy) is 1. The summed E-state index contributed by atoms with van der Waals surface area (Å²) in [5.74, 6) is -0.451. The molecule has 2 aromatic rings. The van der Waals surface area contributed by atoms with Gasteiger partial charge >= 0.3 is 5.97 Å². The minimum absolute atomic E-state index is 0.0403. The van der Waals surface area contributed by atoms with E-state index in [1.807, 2.05) is 12.1 Å². The number of esters is 1. The second-order valence-electron chi connectivity index (χ2n) is 4.07. The number of halogens is 2. The Morgan fingerprint density at radius 2 is 1.95 bits per heavy atom. The average molecular weight is 327 g/mol. The fourth-order valence-electron chi connectivity index (χ4n) is 1.58. The van der Waals surface area contributed by atoms with E-state index in [9.17, 15) is 4.79 Å². The summed E-state index contributed by atoms with van der Waals surface area (Å²) in [6, 6.07) is 7.28. The van der Waals surface area contributed by atoms with E-state index in [2.05, 4.69) is 20.0 Å². The van der Waals surface area contributed by atoms with Crippen LogP contribution in [0.1, 0.15) is 16.1 Å². The number of nitrogens with zero attached hydrogens (tertiary/aromatic N) is 2. The Labute approximate surface area is 131 Å². The van der Waals surface area contributed by atoms with Crippen molar-refractivity contribution in [2.45, 2.75) is 6.54 Å². The van der Waals surface area contributed by atoms with E-state index in [4.69, 9.17) is 28.9 Å². The number of carbonyl (C=O) groups excluding carboxylic acids is 1. The number of carbonyl (C=O) groups is 1. The Morgan fingerprint density at radius 1 is 1.29 bits per heavy atom. The van der Waals surface area contributed by atoms with Crippen molar-refractivity contribution in [3.8, 4) is 0 Å². The third kappa shape index (κ3) is 3.74. The summed E-state index contributed by atoms with van der Waals surface area (Å²) in [4.78, 5) is 19.3. The fraction of sp³-hybridized carbons (Fsp3) is 0.154. The molecule has 6 nitrogen and oxygen atoms in total. The Hall–Kier alpha value is -2.05. The molecule has 2 rings (SSSR count). The molecule has 0 spiro atoms. The van der Waals surface area contributed by atoms with Crippen LogP contribution >= 0.6 is 23.2 Å². The van der Waals surface area contributed by atoms with Gasteiger partial charge in [0.25, 0.3) is 0 Å². The number of anilines is 2. The van der Waals surface area contributed by atoms with Crippen LogP contribution in [0.15, 0.2) is 24.3 Å².